The highest BCUT2D eigenvalue weighted by atomic mass is 16.1. The van der Waals surface area contributed by atoms with Crippen molar-refractivity contribution in [3.05, 3.63) is 63.2 Å². The van der Waals surface area contributed by atoms with Gasteiger partial charge in [0.2, 0.25) is 0 Å². The number of hydrogen-bond donors (Lipinski definition) is 2. The van der Waals surface area contributed by atoms with E-state index in [4.69, 9.17) is 0 Å². The fourth-order valence-electron chi connectivity index (χ4n) is 3.12. The number of aryl methyl sites for hydroxylation is 2. The Hall–Kier alpha value is -2.40. The molecule has 2 aromatic heterocycles. The lowest BCUT2D eigenvalue weighted by Crippen LogP contribution is -2.22. The van der Waals surface area contributed by atoms with E-state index in [1.54, 1.807) is 0 Å². The van der Waals surface area contributed by atoms with Crippen LogP contribution >= 0.6 is 0 Å². The molecule has 3 rings (SSSR count). The summed E-state index contributed by atoms with van der Waals surface area (Å²) in [6.45, 7) is 9.39. The van der Waals surface area contributed by atoms with Crippen LogP contribution in [0.15, 0.2) is 35.3 Å². The SMILES string of the molecule is Cc1cc(C)c(CNCc2cccc3c2cnn3C(C)C)c(=O)[nH]1. The summed E-state index contributed by atoms with van der Waals surface area (Å²) in [6.07, 6.45) is 1.93. The van der Waals surface area contributed by atoms with Gasteiger partial charge in [0.25, 0.3) is 5.56 Å². The number of rotatable bonds is 5. The van der Waals surface area contributed by atoms with E-state index >= 15 is 0 Å². The van der Waals surface area contributed by atoms with E-state index in [9.17, 15) is 4.79 Å². The highest BCUT2D eigenvalue weighted by molar-refractivity contribution is 5.82. The molecular formula is C19H24N4O. The minimum atomic E-state index is -0.00849. The summed E-state index contributed by atoms with van der Waals surface area (Å²) in [6, 6.07) is 8.60. The van der Waals surface area contributed by atoms with Crippen molar-refractivity contribution in [2.75, 3.05) is 0 Å². The molecular weight excluding hydrogens is 300 g/mol. The maximum atomic E-state index is 12.1. The van der Waals surface area contributed by atoms with Crippen LogP contribution in [-0.4, -0.2) is 14.8 Å². The molecule has 126 valence electrons. The van der Waals surface area contributed by atoms with Crippen LogP contribution in [0.1, 0.15) is 42.3 Å². The van der Waals surface area contributed by atoms with Crippen LogP contribution < -0.4 is 10.9 Å². The molecule has 0 spiro atoms. The van der Waals surface area contributed by atoms with Gasteiger partial charge in [-0.25, -0.2) is 0 Å². The first-order valence-corrected chi connectivity index (χ1v) is 8.32. The van der Waals surface area contributed by atoms with Gasteiger partial charge in [0, 0.05) is 35.8 Å². The highest BCUT2D eigenvalue weighted by Crippen LogP contribution is 2.21. The van der Waals surface area contributed by atoms with Gasteiger partial charge in [-0.05, 0) is 51.0 Å². The zero-order valence-electron chi connectivity index (χ0n) is 14.7. The average Bonchev–Trinajstić information content (AvgIpc) is 2.94. The molecule has 0 aliphatic heterocycles. The summed E-state index contributed by atoms with van der Waals surface area (Å²) >= 11 is 0. The van der Waals surface area contributed by atoms with E-state index in [-0.39, 0.29) is 5.56 Å². The van der Waals surface area contributed by atoms with E-state index in [2.05, 4.69) is 47.4 Å². The van der Waals surface area contributed by atoms with Gasteiger partial charge in [-0.1, -0.05) is 12.1 Å². The molecule has 0 amide bonds. The Kier molecular flexibility index (Phi) is 4.53. The average molecular weight is 324 g/mol. The Morgan fingerprint density at radius 2 is 2.04 bits per heavy atom. The summed E-state index contributed by atoms with van der Waals surface area (Å²) in [5.74, 6) is 0. The normalized spacial score (nSPS) is 11.5. The van der Waals surface area contributed by atoms with Crippen molar-refractivity contribution < 1.29 is 0 Å². The first kappa shape index (κ1) is 16.5. The van der Waals surface area contributed by atoms with Gasteiger partial charge in [0.15, 0.2) is 0 Å². The lowest BCUT2D eigenvalue weighted by molar-refractivity contribution is 0.551. The molecule has 0 aliphatic rings. The Morgan fingerprint density at radius 3 is 2.75 bits per heavy atom. The fourth-order valence-corrected chi connectivity index (χ4v) is 3.12. The van der Waals surface area contributed by atoms with Crippen LogP contribution in [0.3, 0.4) is 0 Å². The minimum Gasteiger partial charge on any atom is -0.326 e. The van der Waals surface area contributed by atoms with Crippen LogP contribution in [0.25, 0.3) is 10.9 Å². The molecule has 5 heteroatoms. The van der Waals surface area contributed by atoms with Gasteiger partial charge >= 0.3 is 0 Å². The number of aromatic nitrogens is 3. The van der Waals surface area contributed by atoms with Gasteiger partial charge < -0.3 is 10.3 Å². The Bertz CT molecular complexity index is 921. The molecule has 3 aromatic rings. The number of aromatic amines is 1. The van der Waals surface area contributed by atoms with E-state index < -0.39 is 0 Å². The summed E-state index contributed by atoms with van der Waals surface area (Å²) in [7, 11) is 0. The van der Waals surface area contributed by atoms with Gasteiger partial charge in [-0.3, -0.25) is 9.48 Å². The molecule has 5 nitrogen and oxygen atoms in total. The number of benzene rings is 1. The molecule has 0 saturated carbocycles. The Balaban J connectivity index is 1.79. The predicted molar refractivity (Wildman–Crippen MR) is 97.2 cm³/mol. The molecule has 2 heterocycles. The van der Waals surface area contributed by atoms with Gasteiger partial charge in [-0.2, -0.15) is 5.10 Å². The van der Waals surface area contributed by atoms with Crippen molar-refractivity contribution >= 4 is 10.9 Å². The van der Waals surface area contributed by atoms with Crippen LogP contribution in [0.4, 0.5) is 0 Å². The number of nitrogens with zero attached hydrogens (tertiary/aromatic N) is 2. The zero-order valence-corrected chi connectivity index (χ0v) is 14.7. The largest absolute Gasteiger partial charge is 0.326 e. The molecule has 1 aromatic carbocycles. The van der Waals surface area contributed by atoms with Gasteiger partial charge in [0.1, 0.15) is 0 Å². The van der Waals surface area contributed by atoms with Crippen molar-refractivity contribution in [2.24, 2.45) is 0 Å². The molecule has 24 heavy (non-hydrogen) atoms. The van der Waals surface area contributed by atoms with Gasteiger partial charge in [-0.15, -0.1) is 0 Å². The molecule has 0 radical (unpaired) electrons. The van der Waals surface area contributed by atoms with E-state index in [1.807, 2.05) is 30.8 Å². The lowest BCUT2D eigenvalue weighted by atomic mass is 10.1. The van der Waals surface area contributed by atoms with Crippen molar-refractivity contribution in [2.45, 2.75) is 46.8 Å². The molecule has 0 bridgehead atoms. The summed E-state index contributed by atoms with van der Waals surface area (Å²) in [5.41, 5.74) is 5.05. The number of pyridine rings is 1. The third kappa shape index (κ3) is 3.12. The number of hydrogen-bond acceptors (Lipinski definition) is 3. The van der Waals surface area contributed by atoms with Crippen molar-refractivity contribution in [3.63, 3.8) is 0 Å². The number of nitrogens with one attached hydrogen (secondary N) is 2. The smallest absolute Gasteiger partial charge is 0.252 e. The topological polar surface area (TPSA) is 62.7 Å². The monoisotopic (exact) mass is 324 g/mol. The maximum Gasteiger partial charge on any atom is 0.252 e. The van der Waals surface area contributed by atoms with Crippen LogP contribution in [-0.2, 0) is 13.1 Å². The van der Waals surface area contributed by atoms with Crippen molar-refractivity contribution in [3.8, 4) is 0 Å². The maximum absolute atomic E-state index is 12.1. The predicted octanol–water partition coefficient (Wildman–Crippen LogP) is 3.21. The second kappa shape index (κ2) is 6.61. The summed E-state index contributed by atoms with van der Waals surface area (Å²) < 4.78 is 2.04. The minimum absolute atomic E-state index is 0.00849. The first-order chi connectivity index (χ1) is 11.5. The van der Waals surface area contributed by atoms with E-state index in [0.29, 0.717) is 19.1 Å². The third-order valence-electron chi connectivity index (χ3n) is 4.33. The third-order valence-corrected chi connectivity index (χ3v) is 4.33. The molecule has 0 aliphatic carbocycles. The molecule has 0 unspecified atom stereocenters. The molecule has 0 saturated heterocycles. The molecule has 2 N–H and O–H groups in total. The first-order valence-electron chi connectivity index (χ1n) is 8.32. The number of fused-ring (bicyclic) bond motifs is 1. The van der Waals surface area contributed by atoms with E-state index in [1.165, 1.54) is 5.56 Å². The van der Waals surface area contributed by atoms with E-state index in [0.717, 1.165) is 27.7 Å². The van der Waals surface area contributed by atoms with Crippen molar-refractivity contribution in [1.29, 1.82) is 0 Å². The standard InChI is InChI=1S/C19H24N4O/c1-12(2)23-18-7-5-6-15(17(18)11-21-23)9-20-10-16-13(3)8-14(4)22-19(16)24/h5-8,11-12,20H,9-10H2,1-4H3,(H,22,24). The van der Waals surface area contributed by atoms with Crippen molar-refractivity contribution in [1.82, 2.24) is 20.1 Å². The van der Waals surface area contributed by atoms with Crippen LogP contribution in [0.5, 0.6) is 0 Å². The summed E-state index contributed by atoms with van der Waals surface area (Å²) in [4.78, 5) is 14.9. The quantitative estimate of drug-likeness (QED) is 0.757. The zero-order chi connectivity index (χ0) is 17.3. The highest BCUT2D eigenvalue weighted by Gasteiger charge is 2.10. The fraction of sp³-hybridized carbons (Fsp3) is 0.368. The Morgan fingerprint density at radius 1 is 1.25 bits per heavy atom. The lowest BCUT2D eigenvalue weighted by Gasteiger charge is -2.10. The van der Waals surface area contributed by atoms with Gasteiger partial charge in [0.05, 0.1) is 11.7 Å². The number of H-pyrrole nitrogens is 1. The summed E-state index contributed by atoms with van der Waals surface area (Å²) in [5, 5.41) is 9.05. The molecule has 0 atom stereocenters. The Labute approximate surface area is 141 Å². The second-order valence-corrected chi connectivity index (χ2v) is 6.58. The molecule has 0 fully saturated rings. The second-order valence-electron chi connectivity index (χ2n) is 6.58. The van der Waals surface area contributed by atoms with Crippen LogP contribution in [0, 0.1) is 13.8 Å². The van der Waals surface area contributed by atoms with Crippen LogP contribution in [0.2, 0.25) is 0 Å².